The molecule has 0 saturated carbocycles. The topological polar surface area (TPSA) is 38.3 Å². The molecule has 15 heavy (non-hydrogen) atoms. The predicted molar refractivity (Wildman–Crippen MR) is 49.0 cm³/mol. The van der Waals surface area contributed by atoms with Gasteiger partial charge in [0, 0.05) is 17.5 Å². The lowest BCUT2D eigenvalue weighted by atomic mass is 10.4. The Kier molecular flexibility index (Phi) is 3.46. The molecular formula is C8H6F3NO2S. The van der Waals surface area contributed by atoms with Crippen LogP contribution in [0.2, 0.25) is 0 Å². The lowest BCUT2D eigenvalue weighted by molar-refractivity contribution is -0.135. The van der Waals surface area contributed by atoms with Gasteiger partial charge in [0.2, 0.25) is 22.7 Å². The average Bonchev–Trinajstić information content (AvgIpc) is 2.18. The summed E-state index contributed by atoms with van der Waals surface area (Å²) in [6, 6.07) is 0. The monoisotopic (exact) mass is 237 g/mol. The van der Waals surface area contributed by atoms with Gasteiger partial charge in [0.15, 0.2) is 0 Å². The van der Waals surface area contributed by atoms with Gasteiger partial charge in [0.05, 0.1) is 0 Å². The average molecular weight is 237 g/mol. The number of ether oxygens (including phenoxy) is 1. The largest absolute Gasteiger partial charge is 0.402 e. The Morgan fingerprint density at radius 2 is 2.00 bits per heavy atom. The fourth-order valence-electron chi connectivity index (χ4n) is 0.612. The molecule has 0 bridgehead atoms. The number of hydrogen-bond acceptors (Lipinski definition) is 4. The standard InChI is InChI=1S/C8H6F3NO2S/c1-3(2)8(13)14-7-5(10)4(9)6(11)15-12-7/h12H,1H2,2H3. The summed E-state index contributed by atoms with van der Waals surface area (Å²) in [5.74, 6) is -4.97. The molecule has 0 aromatic carbocycles. The molecule has 0 unspecified atom stereocenters. The SMILES string of the molecule is C=C(C)C(=O)OC1=C(F)C(F)=C(F)SN1. The predicted octanol–water partition coefficient (Wildman–Crippen LogP) is 2.60. The van der Waals surface area contributed by atoms with Crippen LogP contribution in [0.5, 0.6) is 0 Å². The molecule has 0 amide bonds. The molecule has 1 aliphatic heterocycles. The van der Waals surface area contributed by atoms with Crippen LogP contribution in [-0.4, -0.2) is 5.97 Å². The van der Waals surface area contributed by atoms with Gasteiger partial charge < -0.3 is 4.74 Å². The number of carbonyl (C=O) groups is 1. The number of esters is 1. The van der Waals surface area contributed by atoms with E-state index >= 15 is 0 Å². The van der Waals surface area contributed by atoms with Crippen molar-refractivity contribution in [3.8, 4) is 0 Å². The van der Waals surface area contributed by atoms with Gasteiger partial charge in [-0.2, -0.15) is 13.2 Å². The van der Waals surface area contributed by atoms with E-state index in [1.54, 1.807) is 0 Å². The Balaban J connectivity index is 2.88. The minimum Gasteiger partial charge on any atom is -0.402 e. The summed E-state index contributed by atoms with van der Waals surface area (Å²) in [6.07, 6.45) is 0. The first-order valence-electron chi connectivity index (χ1n) is 3.69. The molecule has 82 valence electrons. The summed E-state index contributed by atoms with van der Waals surface area (Å²) < 4.78 is 44.5. The number of allylic oxidation sites excluding steroid dienone is 2. The van der Waals surface area contributed by atoms with Crippen LogP contribution in [0, 0.1) is 0 Å². The molecule has 0 saturated heterocycles. The summed E-state index contributed by atoms with van der Waals surface area (Å²) in [5.41, 5.74) is 0.0116. The van der Waals surface area contributed by atoms with Crippen molar-refractivity contribution in [3.63, 3.8) is 0 Å². The molecule has 1 rings (SSSR count). The third kappa shape index (κ3) is 2.56. The minimum atomic E-state index is -1.69. The van der Waals surface area contributed by atoms with Crippen molar-refractivity contribution in [1.29, 1.82) is 0 Å². The third-order valence-electron chi connectivity index (χ3n) is 1.34. The Bertz CT molecular complexity index is 389. The highest BCUT2D eigenvalue weighted by Crippen LogP contribution is 2.33. The zero-order chi connectivity index (χ0) is 11.6. The van der Waals surface area contributed by atoms with Crippen LogP contribution in [0.1, 0.15) is 6.92 Å². The van der Waals surface area contributed by atoms with Gasteiger partial charge >= 0.3 is 5.97 Å². The van der Waals surface area contributed by atoms with E-state index in [0.717, 1.165) is 0 Å². The third-order valence-corrected chi connectivity index (χ3v) is 1.99. The second kappa shape index (κ2) is 4.43. The van der Waals surface area contributed by atoms with E-state index < -0.39 is 28.7 Å². The van der Waals surface area contributed by atoms with Crippen molar-refractivity contribution in [2.75, 3.05) is 0 Å². The van der Waals surface area contributed by atoms with E-state index in [1.807, 2.05) is 4.72 Å². The van der Waals surface area contributed by atoms with E-state index in [2.05, 4.69) is 11.3 Å². The Labute approximate surface area is 87.8 Å². The minimum absolute atomic E-state index is 0.0116. The highest BCUT2D eigenvalue weighted by molar-refractivity contribution is 8.01. The van der Waals surface area contributed by atoms with Crippen molar-refractivity contribution in [2.45, 2.75) is 6.92 Å². The first-order valence-corrected chi connectivity index (χ1v) is 4.51. The van der Waals surface area contributed by atoms with Crippen LogP contribution in [0.3, 0.4) is 0 Å². The van der Waals surface area contributed by atoms with Gasteiger partial charge in [-0.15, -0.1) is 0 Å². The fourth-order valence-corrected chi connectivity index (χ4v) is 1.10. The highest BCUT2D eigenvalue weighted by Gasteiger charge is 2.26. The van der Waals surface area contributed by atoms with E-state index in [1.165, 1.54) is 6.92 Å². The normalized spacial score (nSPS) is 16.3. The van der Waals surface area contributed by atoms with Crippen LogP contribution in [0.25, 0.3) is 0 Å². The molecule has 0 radical (unpaired) electrons. The molecule has 1 N–H and O–H groups in total. The molecule has 1 heterocycles. The molecule has 0 fully saturated rings. The van der Waals surface area contributed by atoms with Crippen molar-refractivity contribution >= 4 is 17.9 Å². The van der Waals surface area contributed by atoms with Gasteiger partial charge in [0.25, 0.3) is 0 Å². The summed E-state index contributed by atoms with van der Waals surface area (Å²) in [5, 5.41) is -1.36. The van der Waals surface area contributed by atoms with Gasteiger partial charge in [-0.3, -0.25) is 4.72 Å². The number of rotatable bonds is 2. The van der Waals surface area contributed by atoms with Crippen molar-refractivity contribution in [3.05, 3.63) is 34.8 Å². The second-order valence-electron chi connectivity index (χ2n) is 2.60. The van der Waals surface area contributed by atoms with Crippen LogP contribution in [0.15, 0.2) is 34.8 Å². The maximum atomic E-state index is 12.9. The molecule has 0 aromatic rings. The van der Waals surface area contributed by atoms with Crippen LogP contribution in [0.4, 0.5) is 13.2 Å². The molecule has 0 atom stereocenters. The quantitative estimate of drug-likeness (QED) is 0.455. The van der Waals surface area contributed by atoms with Crippen LogP contribution < -0.4 is 4.72 Å². The smallest absolute Gasteiger partial charge is 0.339 e. The van der Waals surface area contributed by atoms with E-state index in [4.69, 9.17) is 0 Å². The molecular weight excluding hydrogens is 231 g/mol. The molecule has 0 spiro atoms. The summed E-state index contributed by atoms with van der Waals surface area (Å²) in [4.78, 5) is 10.9. The Morgan fingerprint density at radius 1 is 1.40 bits per heavy atom. The maximum Gasteiger partial charge on any atom is 0.339 e. The molecule has 7 heteroatoms. The highest BCUT2D eigenvalue weighted by atomic mass is 32.2. The second-order valence-corrected chi connectivity index (χ2v) is 3.37. The first-order chi connectivity index (χ1) is 6.93. The summed E-state index contributed by atoms with van der Waals surface area (Å²) in [6.45, 7) is 4.58. The number of halogens is 3. The van der Waals surface area contributed by atoms with Crippen LogP contribution >= 0.6 is 11.9 Å². The first kappa shape index (κ1) is 11.7. The van der Waals surface area contributed by atoms with Crippen molar-refractivity contribution < 1.29 is 22.7 Å². The Hall–Kier alpha value is -1.37. The number of hydrogen-bond donors (Lipinski definition) is 1. The molecule has 1 aliphatic rings. The lowest BCUT2D eigenvalue weighted by Gasteiger charge is -2.14. The van der Waals surface area contributed by atoms with E-state index in [9.17, 15) is 18.0 Å². The summed E-state index contributed by atoms with van der Waals surface area (Å²) in [7, 11) is 0. The van der Waals surface area contributed by atoms with E-state index in [0.29, 0.717) is 0 Å². The van der Waals surface area contributed by atoms with Gasteiger partial charge in [-0.05, 0) is 6.92 Å². The lowest BCUT2D eigenvalue weighted by Crippen LogP contribution is -2.17. The van der Waals surface area contributed by atoms with Crippen molar-refractivity contribution in [1.82, 2.24) is 4.72 Å². The van der Waals surface area contributed by atoms with Crippen LogP contribution in [-0.2, 0) is 9.53 Å². The zero-order valence-corrected chi connectivity index (χ0v) is 8.38. The molecule has 3 nitrogen and oxygen atoms in total. The Morgan fingerprint density at radius 3 is 2.53 bits per heavy atom. The maximum absolute atomic E-state index is 12.9. The summed E-state index contributed by atoms with van der Waals surface area (Å²) >= 11 is 0.175. The van der Waals surface area contributed by atoms with Gasteiger partial charge in [-0.1, -0.05) is 6.58 Å². The van der Waals surface area contributed by atoms with Gasteiger partial charge in [0.1, 0.15) is 0 Å². The zero-order valence-electron chi connectivity index (χ0n) is 7.57. The number of nitrogens with one attached hydrogen (secondary N) is 1. The van der Waals surface area contributed by atoms with E-state index in [-0.39, 0.29) is 17.5 Å². The number of carbonyl (C=O) groups excluding carboxylic acids is 1. The fraction of sp³-hybridized carbons (Fsp3) is 0.125. The van der Waals surface area contributed by atoms with Crippen molar-refractivity contribution in [2.24, 2.45) is 0 Å². The molecule has 0 aromatic heterocycles. The van der Waals surface area contributed by atoms with Gasteiger partial charge in [-0.25, -0.2) is 4.79 Å². The molecule has 0 aliphatic carbocycles.